The van der Waals surface area contributed by atoms with Crippen molar-refractivity contribution < 1.29 is 31.4 Å². The molecule has 2 aromatic heterocycles. The van der Waals surface area contributed by atoms with Gasteiger partial charge in [-0.05, 0) is 40.1 Å². The molecule has 0 radical (unpaired) electrons. The number of hydrogen-bond donors (Lipinski definition) is 2. The molecule has 0 aliphatic heterocycles. The Balaban J connectivity index is 1.66. The van der Waals surface area contributed by atoms with E-state index >= 15 is 0 Å². The molecule has 32 heavy (non-hydrogen) atoms. The third-order valence-electron chi connectivity index (χ3n) is 5.04. The molecular formula is C22H16F6N2OS. The van der Waals surface area contributed by atoms with E-state index in [4.69, 9.17) is 0 Å². The molecule has 2 heterocycles. The third kappa shape index (κ3) is 4.43. The second-order valence-corrected chi connectivity index (χ2v) is 8.11. The molecular weight excluding hydrogens is 454 g/mol. The van der Waals surface area contributed by atoms with Crippen molar-refractivity contribution in [1.29, 1.82) is 0 Å². The number of thiophene rings is 1. The smallest absolute Gasteiger partial charge is 0.387 e. The quantitative estimate of drug-likeness (QED) is 0.336. The zero-order valence-electron chi connectivity index (χ0n) is 16.3. The molecule has 4 rings (SSSR count). The highest BCUT2D eigenvalue weighted by atomic mass is 32.1. The Morgan fingerprint density at radius 3 is 2.38 bits per heavy atom. The SMILES string of the molecule is OC(CNCc1csc2ccccc12)c1cc(C(F)(F)F)nc2c(C(F)(F)F)cccc12. The van der Waals surface area contributed by atoms with Crippen LogP contribution >= 0.6 is 11.3 Å². The van der Waals surface area contributed by atoms with Gasteiger partial charge >= 0.3 is 12.4 Å². The minimum absolute atomic E-state index is 0.156. The molecule has 1 atom stereocenters. The molecule has 2 aromatic carbocycles. The number of aliphatic hydroxyl groups is 1. The molecule has 0 bridgehead atoms. The number of hydrogen-bond acceptors (Lipinski definition) is 4. The number of pyridine rings is 1. The van der Waals surface area contributed by atoms with Crippen molar-refractivity contribution >= 4 is 32.3 Å². The van der Waals surface area contributed by atoms with Gasteiger partial charge in [0.05, 0.1) is 17.2 Å². The summed E-state index contributed by atoms with van der Waals surface area (Å²) in [4.78, 5) is 3.24. The summed E-state index contributed by atoms with van der Waals surface area (Å²) in [7, 11) is 0. The van der Waals surface area contributed by atoms with Crippen molar-refractivity contribution in [1.82, 2.24) is 10.3 Å². The van der Waals surface area contributed by atoms with Gasteiger partial charge in [0.15, 0.2) is 0 Å². The summed E-state index contributed by atoms with van der Waals surface area (Å²) in [6.45, 7) is 0.181. The Morgan fingerprint density at radius 2 is 1.66 bits per heavy atom. The van der Waals surface area contributed by atoms with Gasteiger partial charge < -0.3 is 10.4 Å². The number of rotatable bonds is 5. The molecule has 0 aliphatic rings. The van der Waals surface area contributed by atoms with Crippen LogP contribution in [0.25, 0.3) is 21.0 Å². The first-order valence-electron chi connectivity index (χ1n) is 9.47. The van der Waals surface area contributed by atoms with Crippen LogP contribution in [0.15, 0.2) is 53.9 Å². The predicted octanol–water partition coefficient (Wildman–Crippen LogP) is 6.31. The van der Waals surface area contributed by atoms with E-state index in [2.05, 4.69) is 10.3 Å². The van der Waals surface area contributed by atoms with Crippen molar-refractivity contribution in [2.75, 3.05) is 6.54 Å². The zero-order chi connectivity index (χ0) is 23.1. The number of nitrogens with zero attached hydrogens (tertiary/aromatic N) is 1. The molecule has 0 amide bonds. The lowest BCUT2D eigenvalue weighted by atomic mass is 9.99. The molecule has 10 heteroatoms. The lowest BCUT2D eigenvalue weighted by Gasteiger charge is -2.19. The van der Waals surface area contributed by atoms with Crippen LogP contribution in [0, 0.1) is 0 Å². The second-order valence-electron chi connectivity index (χ2n) is 7.20. The van der Waals surface area contributed by atoms with Crippen LogP contribution in [0.5, 0.6) is 0 Å². The van der Waals surface area contributed by atoms with E-state index in [-0.39, 0.29) is 17.5 Å². The Kier molecular flexibility index (Phi) is 5.87. The van der Waals surface area contributed by atoms with E-state index in [0.717, 1.165) is 21.7 Å². The van der Waals surface area contributed by atoms with Crippen LogP contribution < -0.4 is 5.32 Å². The van der Waals surface area contributed by atoms with Gasteiger partial charge in [-0.2, -0.15) is 26.3 Å². The average molecular weight is 470 g/mol. The van der Waals surface area contributed by atoms with E-state index < -0.39 is 35.2 Å². The molecule has 0 aliphatic carbocycles. The maximum absolute atomic E-state index is 13.4. The summed E-state index contributed by atoms with van der Waals surface area (Å²) in [5.74, 6) is 0. The molecule has 1 unspecified atom stereocenters. The summed E-state index contributed by atoms with van der Waals surface area (Å²) in [5, 5.41) is 16.4. The van der Waals surface area contributed by atoms with E-state index in [0.29, 0.717) is 18.7 Å². The van der Waals surface area contributed by atoms with Gasteiger partial charge in [-0.15, -0.1) is 11.3 Å². The fourth-order valence-electron chi connectivity index (χ4n) is 3.55. The number of halogens is 6. The van der Waals surface area contributed by atoms with E-state index in [1.54, 1.807) is 0 Å². The molecule has 0 saturated heterocycles. The number of benzene rings is 2. The van der Waals surface area contributed by atoms with Crippen LogP contribution in [-0.2, 0) is 18.9 Å². The second kappa shape index (κ2) is 8.34. The van der Waals surface area contributed by atoms with Gasteiger partial charge in [0.25, 0.3) is 0 Å². The third-order valence-corrected chi connectivity index (χ3v) is 6.05. The standard InChI is InChI=1S/C22H16F6N2OS/c23-21(24,25)16-6-3-5-14-15(8-19(22(26,27)28)30-20(14)16)17(31)10-29-9-12-11-32-18-7-2-1-4-13(12)18/h1-8,11,17,29,31H,9-10H2. The lowest BCUT2D eigenvalue weighted by Crippen LogP contribution is -2.22. The zero-order valence-corrected chi connectivity index (χ0v) is 17.1. The van der Waals surface area contributed by atoms with Crippen molar-refractivity contribution in [2.45, 2.75) is 25.0 Å². The minimum Gasteiger partial charge on any atom is -0.387 e. The average Bonchev–Trinajstić information content (AvgIpc) is 3.14. The van der Waals surface area contributed by atoms with Crippen LogP contribution in [0.3, 0.4) is 0 Å². The Morgan fingerprint density at radius 1 is 0.938 bits per heavy atom. The van der Waals surface area contributed by atoms with Gasteiger partial charge in [0.2, 0.25) is 0 Å². The normalized spacial score (nSPS) is 13.7. The molecule has 4 aromatic rings. The van der Waals surface area contributed by atoms with Crippen molar-refractivity contribution in [3.63, 3.8) is 0 Å². The predicted molar refractivity (Wildman–Crippen MR) is 110 cm³/mol. The van der Waals surface area contributed by atoms with Crippen molar-refractivity contribution in [3.8, 4) is 0 Å². The lowest BCUT2D eigenvalue weighted by molar-refractivity contribution is -0.142. The van der Waals surface area contributed by atoms with Crippen LogP contribution in [0.4, 0.5) is 26.3 Å². The first-order valence-corrected chi connectivity index (χ1v) is 10.4. The highest BCUT2D eigenvalue weighted by Gasteiger charge is 2.37. The first-order chi connectivity index (χ1) is 15.1. The minimum atomic E-state index is -4.97. The van der Waals surface area contributed by atoms with Crippen LogP contribution in [0.1, 0.15) is 28.5 Å². The van der Waals surface area contributed by atoms with Gasteiger partial charge in [0, 0.05) is 23.2 Å². The fourth-order valence-corrected chi connectivity index (χ4v) is 4.51. The Labute approximate surface area is 182 Å². The molecule has 168 valence electrons. The number of alkyl halides is 6. The number of aliphatic hydroxyl groups excluding tert-OH is 1. The summed E-state index contributed by atoms with van der Waals surface area (Å²) in [5.41, 5.74) is -2.93. The summed E-state index contributed by atoms with van der Waals surface area (Å²) >= 11 is 1.54. The first kappa shape index (κ1) is 22.5. The molecule has 0 fully saturated rings. The Bertz CT molecular complexity index is 1260. The summed E-state index contributed by atoms with van der Waals surface area (Å²) in [6, 6.07) is 11.3. The fraction of sp³-hybridized carbons (Fsp3) is 0.227. The molecule has 0 spiro atoms. The van der Waals surface area contributed by atoms with Crippen molar-refractivity contribution in [2.24, 2.45) is 0 Å². The van der Waals surface area contributed by atoms with Crippen LogP contribution in [-0.4, -0.2) is 16.6 Å². The van der Waals surface area contributed by atoms with E-state index in [1.807, 2.05) is 29.6 Å². The largest absolute Gasteiger partial charge is 0.433 e. The highest BCUT2D eigenvalue weighted by Crippen LogP contribution is 2.39. The van der Waals surface area contributed by atoms with Gasteiger partial charge in [-0.1, -0.05) is 30.3 Å². The van der Waals surface area contributed by atoms with Gasteiger partial charge in [-0.3, -0.25) is 0 Å². The highest BCUT2D eigenvalue weighted by molar-refractivity contribution is 7.17. The van der Waals surface area contributed by atoms with E-state index in [1.165, 1.54) is 17.4 Å². The van der Waals surface area contributed by atoms with Gasteiger partial charge in [0.1, 0.15) is 5.69 Å². The Hall–Kier alpha value is -2.69. The summed E-state index contributed by atoms with van der Waals surface area (Å²) < 4.78 is 81.2. The number of aromatic nitrogens is 1. The monoisotopic (exact) mass is 470 g/mol. The number of nitrogens with one attached hydrogen (secondary N) is 1. The van der Waals surface area contributed by atoms with Crippen molar-refractivity contribution in [3.05, 3.63) is 76.3 Å². The molecule has 2 N–H and O–H groups in total. The topological polar surface area (TPSA) is 45.1 Å². The van der Waals surface area contributed by atoms with Gasteiger partial charge in [-0.25, -0.2) is 4.98 Å². The maximum Gasteiger partial charge on any atom is 0.433 e. The number of para-hydroxylation sites is 1. The van der Waals surface area contributed by atoms with Crippen LogP contribution in [0.2, 0.25) is 0 Å². The maximum atomic E-state index is 13.4. The number of fused-ring (bicyclic) bond motifs is 2. The summed E-state index contributed by atoms with van der Waals surface area (Å²) in [6.07, 6.45) is -11.3. The molecule has 3 nitrogen and oxygen atoms in total. The van der Waals surface area contributed by atoms with E-state index in [9.17, 15) is 31.4 Å². The molecule has 0 saturated carbocycles.